The zero-order chi connectivity index (χ0) is 18.7. The smallest absolute Gasteiger partial charge is 0.248 e. The van der Waals surface area contributed by atoms with E-state index < -0.39 is 0 Å². The lowest BCUT2D eigenvalue weighted by molar-refractivity contribution is -0.138. The summed E-state index contributed by atoms with van der Waals surface area (Å²) < 4.78 is 11.0. The van der Waals surface area contributed by atoms with E-state index in [1.54, 1.807) is 0 Å². The lowest BCUT2D eigenvalue weighted by atomic mass is 9.68. The van der Waals surface area contributed by atoms with Gasteiger partial charge in [-0.05, 0) is 31.2 Å². The van der Waals surface area contributed by atoms with Crippen molar-refractivity contribution in [1.29, 1.82) is 0 Å². The Labute approximate surface area is 162 Å². The van der Waals surface area contributed by atoms with Gasteiger partial charge < -0.3 is 19.3 Å². The van der Waals surface area contributed by atoms with Crippen molar-refractivity contribution in [2.24, 2.45) is 11.8 Å². The van der Waals surface area contributed by atoms with E-state index in [4.69, 9.17) is 9.47 Å². The van der Waals surface area contributed by atoms with Gasteiger partial charge in [0.05, 0.1) is 6.61 Å². The molecular weight excluding hydrogens is 340 g/mol. The zero-order valence-corrected chi connectivity index (χ0v) is 16.4. The van der Waals surface area contributed by atoms with E-state index in [1.807, 2.05) is 11.8 Å². The van der Waals surface area contributed by atoms with Gasteiger partial charge in [0.1, 0.15) is 6.61 Å². The average Bonchev–Trinajstić information content (AvgIpc) is 3.34. The Morgan fingerprint density at radius 3 is 2.89 bits per heavy atom. The third-order valence-corrected chi connectivity index (χ3v) is 6.71. The molecule has 1 aromatic carbocycles. The molecule has 148 valence electrons. The topological polar surface area (TPSA) is 42.0 Å². The van der Waals surface area contributed by atoms with Gasteiger partial charge in [-0.3, -0.25) is 4.79 Å². The van der Waals surface area contributed by atoms with E-state index in [0.29, 0.717) is 18.4 Å². The standard InChI is InChI=1S/C22H32N2O3/c1-2-26-16-21(25)24-10-9-22(19-6-4-3-5-7-19)17-23(13-20(22)14-24)12-18-8-11-27-15-18/h3-7,18,20H,2,8-17H2,1H3. The molecule has 3 saturated heterocycles. The summed E-state index contributed by atoms with van der Waals surface area (Å²) in [5.41, 5.74) is 1.61. The summed E-state index contributed by atoms with van der Waals surface area (Å²) in [7, 11) is 0. The van der Waals surface area contributed by atoms with Crippen molar-refractivity contribution in [1.82, 2.24) is 9.80 Å². The van der Waals surface area contributed by atoms with E-state index in [0.717, 1.165) is 52.4 Å². The lowest BCUT2D eigenvalue weighted by Crippen LogP contribution is -2.52. The van der Waals surface area contributed by atoms with Gasteiger partial charge in [0.25, 0.3) is 0 Å². The van der Waals surface area contributed by atoms with Crippen LogP contribution < -0.4 is 0 Å². The highest BCUT2D eigenvalue weighted by molar-refractivity contribution is 5.77. The fraction of sp³-hybridized carbons (Fsp3) is 0.682. The SMILES string of the molecule is CCOCC(=O)N1CCC2(c3ccccc3)CN(CC3CCOC3)CC2C1. The van der Waals surface area contributed by atoms with Gasteiger partial charge in [-0.2, -0.15) is 0 Å². The maximum atomic E-state index is 12.5. The second-order valence-electron chi connectivity index (χ2n) is 8.37. The van der Waals surface area contributed by atoms with Crippen LogP contribution in [-0.2, 0) is 19.7 Å². The van der Waals surface area contributed by atoms with E-state index in [9.17, 15) is 4.79 Å². The van der Waals surface area contributed by atoms with Crippen LogP contribution in [0.2, 0.25) is 0 Å². The fourth-order valence-electron chi connectivity index (χ4n) is 5.27. The molecular formula is C22H32N2O3. The molecule has 5 heteroatoms. The Balaban J connectivity index is 1.51. The van der Waals surface area contributed by atoms with Crippen LogP contribution >= 0.6 is 0 Å². The van der Waals surface area contributed by atoms with Crippen molar-refractivity contribution in [2.75, 3.05) is 59.2 Å². The highest BCUT2D eigenvalue weighted by Crippen LogP contribution is 2.45. The molecule has 1 amide bonds. The molecule has 0 aromatic heterocycles. The number of carbonyl (C=O) groups excluding carboxylic acids is 1. The molecule has 0 N–H and O–H groups in total. The van der Waals surface area contributed by atoms with Gasteiger partial charge in [0.15, 0.2) is 0 Å². The number of rotatable bonds is 6. The number of amides is 1. The molecule has 27 heavy (non-hydrogen) atoms. The average molecular weight is 373 g/mol. The minimum atomic E-state index is 0.140. The number of benzene rings is 1. The quantitative estimate of drug-likeness (QED) is 0.767. The molecule has 5 nitrogen and oxygen atoms in total. The van der Waals surface area contributed by atoms with Crippen LogP contribution in [0.5, 0.6) is 0 Å². The summed E-state index contributed by atoms with van der Waals surface area (Å²) in [6.07, 6.45) is 2.22. The first-order valence-electron chi connectivity index (χ1n) is 10.4. The van der Waals surface area contributed by atoms with Crippen LogP contribution in [0.15, 0.2) is 30.3 Å². The molecule has 4 rings (SSSR count). The van der Waals surface area contributed by atoms with E-state index >= 15 is 0 Å². The molecule has 3 aliphatic heterocycles. The van der Waals surface area contributed by atoms with Crippen molar-refractivity contribution >= 4 is 5.91 Å². The molecule has 3 aliphatic rings. The van der Waals surface area contributed by atoms with Crippen molar-refractivity contribution in [2.45, 2.75) is 25.2 Å². The van der Waals surface area contributed by atoms with E-state index in [1.165, 1.54) is 12.0 Å². The summed E-state index contributed by atoms with van der Waals surface area (Å²) in [4.78, 5) is 17.2. The molecule has 3 fully saturated rings. The summed E-state index contributed by atoms with van der Waals surface area (Å²) in [5, 5.41) is 0. The number of hydrogen-bond acceptors (Lipinski definition) is 4. The predicted molar refractivity (Wildman–Crippen MR) is 105 cm³/mol. The number of fused-ring (bicyclic) bond motifs is 1. The Morgan fingerprint density at radius 1 is 1.30 bits per heavy atom. The lowest BCUT2D eigenvalue weighted by Gasteiger charge is -2.44. The first-order valence-corrected chi connectivity index (χ1v) is 10.4. The van der Waals surface area contributed by atoms with Gasteiger partial charge >= 0.3 is 0 Å². The van der Waals surface area contributed by atoms with Crippen molar-refractivity contribution in [3.8, 4) is 0 Å². The van der Waals surface area contributed by atoms with E-state index in [2.05, 4.69) is 35.2 Å². The van der Waals surface area contributed by atoms with E-state index in [-0.39, 0.29) is 17.9 Å². The third kappa shape index (κ3) is 3.91. The minimum absolute atomic E-state index is 0.140. The number of likely N-dealkylation sites (tertiary alicyclic amines) is 2. The largest absolute Gasteiger partial charge is 0.381 e. The van der Waals surface area contributed by atoms with Gasteiger partial charge in [0.2, 0.25) is 5.91 Å². The fourth-order valence-corrected chi connectivity index (χ4v) is 5.27. The molecule has 0 spiro atoms. The monoisotopic (exact) mass is 372 g/mol. The highest BCUT2D eigenvalue weighted by Gasteiger charge is 2.51. The molecule has 3 unspecified atom stereocenters. The maximum Gasteiger partial charge on any atom is 0.248 e. The van der Waals surface area contributed by atoms with Crippen LogP contribution in [0, 0.1) is 11.8 Å². The number of carbonyl (C=O) groups is 1. The highest BCUT2D eigenvalue weighted by atomic mass is 16.5. The zero-order valence-electron chi connectivity index (χ0n) is 16.4. The normalized spacial score (nSPS) is 31.2. The molecule has 1 aromatic rings. The van der Waals surface area contributed by atoms with Gasteiger partial charge in [-0.25, -0.2) is 0 Å². The van der Waals surface area contributed by atoms with Crippen LogP contribution in [0.3, 0.4) is 0 Å². The molecule has 3 atom stereocenters. The maximum absolute atomic E-state index is 12.5. The van der Waals surface area contributed by atoms with Crippen molar-refractivity contribution < 1.29 is 14.3 Å². The van der Waals surface area contributed by atoms with Gasteiger partial charge in [-0.1, -0.05) is 30.3 Å². The minimum Gasteiger partial charge on any atom is -0.381 e. The van der Waals surface area contributed by atoms with Crippen molar-refractivity contribution in [3.05, 3.63) is 35.9 Å². The Bertz CT molecular complexity index is 632. The Hall–Kier alpha value is -1.43. The first kappa shape index (κ1) is 18.9. The molecule has 0 saturated carbocycles. The number of nitrogens with zero attached hydrogens (tertiary/aromatic N) is 2. The second kappa shape index (κ2) is 8.29. The molecule has 3 heterocycles. The van der Waals surface area contributed by atoms with Crippen molar-refractivity contribution in [3.63, 3.8) is 0 Å². The number of piperidine rings is 1. The van der Waals surface area contributed by atoms with Crippen LogP contribution in [0.25, 0.3) is 0 Å². The molecule has 0 radical (unpaired) electrons. The van der Waals surface area contributed by atoms with Gasteiger partial charge in [0, 0.05) is 57.3 Å². The second-order valence-corrected chi connectivity index (χ2v) is 8.37. The Kier molecular flexibility index (Phi) is 5.81. The van der Waals surface area contributed by atoms with Crippen LogP contribution in [0.1, 0.15) is 25.3 Å². The van der Waals surface area contributed by atoms with Gasteiger partial charge in [-0.15, -0.1) is 0 Å². The summed E-state index contributed by atoms with van der Waals surface area (Å²) in [5.74, 6) is 1.29. The summed E-state index contributed by atoms with van der Waals surface area (Å²) in [6.45, 7) is 9.53. The third-order valence-electron chi connectivity index (χ3n) is 6.71. The summed E-state index contributed by atoms with van der Waals surface area (Å²) >= 11 is 0. The van der Waals surface area contributed by atoms with Crippen LogP contribution in [0.4, 0.5) is 0 Å². The number of ether oxygens (including phenoxy) is 2. The summed E-state index contributed by atoms with van der Waals surface area (Å²) in [6, 6.07) is 11.0. The number of hydrogen-bond donors (Lipinski definition) is 0. The Morgan fingerprint density at radius 2 is 2.15 bits per heavy atom. The van der Waals surface area contributed by atoms with Crippen LogP contribution in [-0.4, -0.2) is 74.9 Å². The molecule has 0 aliphatic carbocycles. The molecule has 0 bridgehead atoms. The predicted octanol–water partition coefficient (Wildman–Crippen LogP) is 2.16. The first-order chi connectivity index (χ1) is 13.2.